The molecule has 0 radical (unpaired) electrons. The normalized spacial score (nSPS) is 10.6. The first-order valence-electron chi connectivity index (χ1n) is 7.36. The van der Waals surface area contributed by atoms with Gasteiger partial charge in [-0.2, -0.15) is 0 Å². The summed E-state index contributed by atoms with van der Waals surface area (Å²) in [7, 11) is 0. The van der Waals surface area contributed by atoms with E-state index in [9.17, 15) is 4.79 Å². The van der Waals surface area contributed by atoms with Crippen LogP contribution in [0.3, 0.4) is 0 Å². The van der Waals surface area contributed by atoms with Crippen LogP contribution >= 0.6 is 15.9 Å². The van der Waals surface area contributed by atoms with Crippen LogP contribution in [0, 0.1) is 6.92 Å². The fourth-order valence-corrected chi connectivity index (χ4v) is 2.59. The van der Waals surface area contributed by atoms with Gasteiger partial charge in [-0.3, -0.25) is 4.79 Å². The van der Waals surface area contributed by atoms with Gasteiger partial charge >= 0.3 is 0 Å². The molecule has 0 bridgehead atoms. The van der Waals surface area contributed by atoms with Crippen molar-refractivity contribution in [2.24, 2.45) is 0 Å². The Labute approximate surface area is 140 Å². The van der Waals surface area contributed by atoms with Crippen LogP contribution in [0.5, 0.6) is 0 Å². The summed E-state index contributed by atoms with van der Waals surface area (Å²) in [6.45, 7) is 6.55. The number of anilines is 2. The molecule has 2 rings (SSSR count). The van der Waals surface area contributed by atoms with Crippen molar-refractivity contribution < 1.29 is 4.79 Å². The molecule has 3 nitrogen and oxygen atoms in total. The third kappa shape index (κ3) is 4.34. The zero-order chi connectivity index (χ0) is 16.1. The van der Waals surface area contributed by atoms with Crippen LogP contribution in [0.1, 0.15) is 30.9 Å². The first kappa shape index (κ1) is 16.6. The lowest BCUT2D eigenvalue weighted by atomic mass is 10.0. The molecule has 0 heterocycles. The second-order valence-corrected chi connectivity index (χ2v) is 6.46. The molecule has 0 aliphatic heterocycles. The highest BCUT2D eigenvalue weighted by Crippen LogP contribution is 2.23. The number of halogens is 1. The van der Waals surface area contributed by atoms with E-state index in [2.05, 4.69) is 46.5 Å². The van der Waals surface area contributed by atoms with Gasteiger partial charge in [0, 0.05) is 15.8 Å². The minimum absolute atomic E-state index is 0.0608. The maximum absolute atomic E-state index is 12.1. The van der Waals surface area contributed by atoms with Gasteiger partial charge in [0.05, 0.1) is 6.54 Å². The Hall–Kier alpha value is -1.81. The minimum Gasteiger partial charge on any atom is -0.376 e. The number of benzene rings is 2. The number of aryl methyl sites for hydroxylation is 1. The van der Waals surface area contributed by atoms with Crippen LogP contribution in [0.15, 0.2) is 46.9 Å². The molecule has 4 heteroatoms. The number of amides is 1. The summed E-state index contributed by atoms with van der Waals surface area (Å²) >= 11 is 3.47. The Morgan fingerprint density at radius 3 is 2.59 bits per heavy atom. The van der Waals surface area contributed by atoms with Gasteiger partial charge in [0.2, 0.25) is 5.91 Å². The lowest BCUT2D eigenvalue weighted by Crippen LogP contribution is -2.22. The molecular weight excluding hydrogens is 340 g/mol. The van der Waals surface area contributed by atoms with Gasteiger partial charge < -0.3 is 10.6 Å². The molecule has 0 atom stereocenters. The Bertz CT molecular complexity index is 668. The monoisotopic (exact) mass is 360 g/mol. The predicted molar refractivity (Wildman–Crippen MR) is 96.5 cm³/mol. The Kier molecular flexibility index (Phi) is 5.61. The lowest BCUT2D eigenvalue weighted by molar-refractivity contribution is -0.114. The number of rotatable bonds is 5. The molecule has 2 aromatic rings. The molecule has 2 aromatic carbocycles. The van der Waals surface area contributed by atoms with E-state index in [0.29, 0.717) is 5.92 Å². The first-order chi connectivity index (χ1) is 10.5. The van der Waals surface area contributed by atoms with Crippen molar-refractivity contribution in [3.05, 3.63) is 58.1 Å². The molecular formula is C18H21BrN2O. The average Bonchev–Trinajstić information content (AvgIpc) is 2.49. The predicted octanol–water partition coefficient (Wildman–Crippen LogP) is 4.93. The van der Waals surface area contributed by atoms with Gasteiger partial charge in [-0.05, 0) is 42.2 Å². The smallest absolute Gasteiger partial charge is 0.243 e. The van der Waals surface area contributed by atoms with Crippen molar-refractivity contribution in [2.45, 2.75) is 26.7 Å². The number of nitrogens with one attached hydrogen (secondary N) is 2. The van der Waals surface area contributed by atoms with E-state index >= 15 is 0 Å². The summed E-state index contributed by atoms with van der Waals surface area (Å²) in [5.41, 5.74) is 4.16. The molecule has 0 fully saturated rings. The molecule has 22 heavy (non-hydrogen) atoms. The second kappa shape index (κ2) is 7.45. The van der Waals surface area contributed by atoms with E-state index in [1.54, 1.807) is 0 Å². The van der Waals surface area contributed by atoms with Crippen molar-refractivity contribution >= 4 is 33.2 Å². The van der Waals surface area contributed by atoms with Crippen LogP contribution in [0.4, 0.5) is 11.4 Å². The molecule has 0 saturated carbocycles. The fraction of sp³-hybridized carbons (Fsp3) is 0.278. The maximum atomic E-state index is 12.1. The van der Waals surface area contributed by atoms with Crippen molar-refractivity contribution in [3.63, 3.8) is 0 Å². The van der Waals surface area contributed by atoms with E-state index < -0.39 is 0 Å². The topological polar surface area (TPSA) is 41.1 Å². The average molecular weight is 361 g/mol. The number of hydrogen-bond donors (Lipinski definition) is 2. The Morgan fingerprint density at radius 1 is 1.18 bits per heavy atom. The quantitative estimate of drug-likeness (QED) is 0.793. The number of carbonyl (C=O) groups excluding carboxylic acids is 1. The standard InChI is InChI=1S/C18H21BrN2O/c1-12(2)15-6-4-5-7-17(15)20-11-18(22)21-14-9-8-13(3)16(19)10-14/h4-10,12,20H,11H2,1-3H3,(H,21,22). The number of para-hydroxylation sites is 1. The molecule has 0 aliphatic carbocycles. The van der Waals surface area contributed by atoms with E-state index in [1.165, 1.54) is 5.56 Å². The second-order valence-electron chi connectivity index (χ2n) is 5.61. The van der Waals surface area contributed by atoms with E-state index in [1.807, 2.05) is 43.3 Å². The van der Waals surface area contributed by atoms with Crippen molar-refractivity contribution in [3.8, 4) is 0 Å². The van der Waals surface area contributed by atoms with Gasteiger partial charge in [-0.1, -0.05) is 54.0 Å². The molecule has 1 amide bonds. The summed E-state index contributed by atoms with van der Waals surface area (Å²) < 4.78 is 0.989. The third-order valence-corrected chi connectivity index (χ3v) is 4.33. The van der Waals surface area contributed by atoms with Gasteiger partial charge in [-0.25, -0.2) is 0 Å². The van der Waals surface area contributed by atoms with Crippen molar-refractivity contribution in [1.29, 1.82) is 0 Å². The highest BCUT2D eigenvalue weighted by Gasteiger charge is 2.08. The first-order valence-corrected chi connectivity index (χ1v) is 8.15. The highest BCUT2D eigenvalue weighted by molar-refractivity contribution is 9.10. The van der Waals surface area contributed by atoms with Gasteiger partial charge in [-0.15, -0.1) is 0 Å². The maximum Gasteiger partial charge on any atom is 0.243 e. The van der Waals surface area contributed by atoms with E-state index in [0.717, 1.165) is 21.4 Å². The minimum atomic E-state index is -0.0608. The summed E-state index contributed by atoms with van der Waals surface area (Å²) in [5, 5.41) is 6.11. The van der Waals surface area contributed by atoms with E-state index in [4.69, 9.17) is 0 Å². The number of hydrogen-bond acceptors (Lipinski definition) is 2. The fourth-order valence-electron chi connectivity index (χ4n) is 2.21. The van der Waals surface area contributed by atoms with Crippen LogP contribution < -0.4 is 10.6 Å². The molecule has 0 saturated heterocycles. The van der Waals surface area contributed by atoms with Crippen molar-refractivity contribution in [2.75, 3.05) is 17.2 Å². The van der Waals surface area contributed by atoms with Crippen LogP contribution in [0.25, 0.3) is 0 Å². The van der Waals surface area contributed by atoms with Crippen LogP contribution in [0.2, 0.25) is 0 Å². The number of carbonyl (C=O) groups is 1. The molecule has 0 spiro atoms. The SMILES string of the molecule is Cc1ccc(NC(=O)CNc2ccccc2C(C)C)cc1Br. The molecule has 0 unspecified atom stereocenters. The van der Waals surface area contributed by atoms with Crippen LogP contribution in [-0.2, 0) is 4.79 Å². The Morgan fingerprint density at radius 2 is 1.91 bits per heavy atom. The summed E-state index contributed by atoms with van der Waals surface area (Å²) in [6, 6.07) is 13.9. The van der Waals surface area contributed by atoms with Crippen molar-refractivity contribution in [1.82, 2.24) is 0 Å². The highest BCUT2D eigenvalue weighted by atomic mass is 79.9. The van der Waals surface area contributed by atoms with Gasteiger partial charge in [0.1, 0.15) is 0 Å². The molecule has 116 valence electrons. The van der Waals surface area contributed by atoms with Gasteiger partial charge in [0.15, 0.2) is 0 Å². The van der Waals surface area contributed by atoms with Gasteiger partial charge in [0.25, 0.3) is 0 Å². The zero-order valence-corrected chi connectivity index (χ0v) is 14.7. The summed E-state index contributed by atoms with van der Waals surface area (Å²) in [6.07, 6.45) is 0. The lowest BCUT2D eigenvalue weighted by Gasteiger charge is -2.14. The zero-order valence-electron chi connectivity index (χ0n) is 13.1. The largest absolute Gasteiger partial charge is 0.376 e. The van der Waals surface area contributed by atoms with Crippen LogP contribution in [-0.4, -0.2) is 12.5 Å². The Balaban J connectivity index is 1.97. The molecule has 0 aliphatic rings. The summed E-state index contributed by atoms with van der Waals surface area (Å²) in [4.78, 5) is 12.1. The summed E-state index contributed by atoms with van der Waals surface area (Å²) in [5.74, 6) is 0.356. The van der Waals surface area contributed by atoms with E-state index in [-0.39, 0.29) is 12.5 Å². The molecule has 2 N–H and O–H groups in total. The molecule has 0 aromatic heterocycles. The third-order valence-electron chi connectivity index (χ3n) is 3.48.